The highest BCUT2D eigenvalue weighted by Crippen LogP contribution is 2.30. The van der Waals surface area contributed by atoms with Gasteiger partial charge in [0.05, 0.1) is 23.6 Å². The summed E-state index contributed by atoms with van der Waals surface area (Å²) >= 11 is 5.94. The molecule has 1 saturated carbocycles. The van der Waals surface area contributed by atoms with Gasteiger partial charge in [-0.2, -0.15) is 0 Å². The first-order valence-electron chi connectivity index (χ1n) is 9.25. The largest absolute Gasteiger partial charge is 0.465 e. The Balaban J connectivity index is 1.86. The molecule has 0 amide bonds. The summed E-state index contributed by atoms with van der Waals surface area (Å²) in [5.41, 5.74) is 1.30. The van der Waals surface area contributed by atoms with E-state index in [4.69, 9.17) is 16.3 Å². The molecular formula is C21H23ClFNO3S. The van der Waals surface area contributed by atoms with Crippen molar-refractivity contribution >= 4 is 28.6 Å². The Morgan fingerprint density at radius 2 is 1.79 bits per heavy atom. The molecule has 0 N–H and O–H groups in total. The summed E-state index contributed by atoms with van der Waals surface area (Å²) in [4.78, 5) is 12.2. The lowest BCUT2D eigenvalue weighted by Gasteiger charge is -2.35. The number of carbonyl (C=O) groups is 1. The number of rotatable bonds is 6. The predicted octanol–water partition coefficient (Wildman–Crippen LogP) is 4.93. The molecule has 0 aliphatic heterocycles. The molecule has 3 rings (SSSR count). The van der Waals surface area contributed by atoms with Gasteiger partial charge in [0, 0.05) is 11.6 Å². The third-order valence-corrected chi connectivity index (χ3v) is 6.71. The summed E-state index contributed by atoms with van der Waals surface area (Å²) < 4.78 is 34.4. The zero-order valence-corrected chi connectivity index (χ0v) is 17.2. The van der Waals surface area contributed by atoms with Crippen molar-refractivity contribution in [1.29, 1.82) is 0 Å². The van der Waals surface area contributed by atoms with E-state index in [2.05, 4.69) is 0 Å². The molecule has 2 aromatic carbocycles. The molecule has 0 saturated heterocycles. The van der Waals surface area contributed by atoms with Crippen LogP contribution in [0.5, 0.6) is 0 Å². The fraction of sp³-hybridized carbons (Fsp3) is 0.381. The van der Waals surface area contributed by atoms with Gasteiger partial charge in [0.15, 0.2) is 0 Å². The van der Waals surface area contributed by atoms with Gasteiger partial charge in [-0.05, 0) is 54.8 Å². The number of nitrogens with zero attached hydrogens (tertiary/aromatic N) is 1. The van der Waals surface area contributed by atoms with Crippen LogP contribution in [0, 0.1) is 0 Å². The van der Waals surface area contributed by atoms with Crippen LogP contribution in [-0.4, -0.2) is 33.8 Å². The molecule has 0 aromatic heterocycles. The zero-order valence-electron chi connectivity index (χ0n) is 15.6. The number of ether oxygens (including phenoxy) is 1. The molecule has 28 heavy (non-hydrogen) atoms. The van der Waals surface area contributed by atoms with E-state index in [9.17, 15) is 13.4 Å². The number of hydrogen-bond acceptors (Lipinski definition) is 3. The van der Waals surface area contributed by atoms with Gasteiger partial charge in [0.1, 0.15) is 17.2 Å². The molecule has 2 aromatic rings. The number of esters is 1. The van der Waals surface area contributed by atoms with Gasteiger partial charge < -0.3 is 4.74 Å². The summed E-state index contributed by atoms with van der Waals surface area (Å²) in [7, 11) is -0.190. The number of carbonyl (C=O) groups excluding carboxylic acids is 1. The Morgan fingerprint density at radius 3 is 2.39 bits per heavy atom. The van der Waals surface area contributed by atoms with Gasteiger partial charge in [-0.15, -0.1) is 0 Å². The SMILES string of the molecule is COC(=O)c1ccc(CN(C2CCCCC2F)S(=O)c2ccc(Cl)cc2)cc1. The minimum atomic E-state index is -1.52. The number of methoxy groups -OCH3 is 1. The Hall–Kier alpha value is -1.76. The zero-order chi connectivity index (χ0) is 20.1. The standard InChI is InChI=1S/C21H23ClFNO3S/c1-27-21(25)16-8-6-15(7-9-16)14-24(20-5-3-2-4-19(20)23)28(26)18-12-10-17(22)11-13-18/h6-13,19-20H,2-5,14H2,1H3. The van der Waals surface area contributed by atoms with E-state index < -0.39 is 29.2 Å². The molecule has 0 bridgehead atoms. The summed E-state index contributed by atoms with van der Waals surface area (Å²) in [6.07, 6.45) is 1.91. The highest BCUT2D eigenvalue weighted by molar-refractivity contribution is 7.82. The molecule has 150 valence electrons. The lowest BCUT2D eigenvalue weighted by molar-refractivity contribution is 0.0600. The van der Waals surface area contributed by atoms with Crippen LogP contribution in [0.3, 0.4) is 0 Å². The molecule has 4 nitrogen and oxygen atoms in total. The van der Waals surface area contributed by atoms with Crippen molar-refractivity contribution in [1.82, 2.24) is 4.31 Å². The summed E-state index contributed by atoms with van der Waals surface area (Å²) in [5.74, 6) is -0.413. The Morgan fingerprint density at radius 1 is 1.14 bits per heavy atom. The van der Waals surface area contributed by atoms with Crippen LogP contribution >= 0.6 is 11.6 Å². The van der Waals surface area contributed by atoms with Crippen molar-refractivity contribution in [2.45, 2.75) is 49.3 Å². The minimum Gasteiger partial charge on any atom is -0.465 e. The molecule has 3 atom stereocenters. The van der Waals surface area contributed by atoms with E-state index >= 15 is 0 Å². The molecule has 1 aliphatic carbocycles. The van der Waals surface area contributed by atoms with Crippen LogP contribution in [0.1, 0.15) is 41.6 Å². The van der Waals surface area contributed by atoms with E-state index in [0.717, 1.165) is 18.4 Å². The van der Waals surface area contributed by atoms with Crippen molar-refractivity contribution in [2.75, 3.05) is 7.11 Å². The third-order valence-electron chi connectivity index (χ3n) is 4.96. The highest BCUT2D eigenvalue weighted by Gasteiger charge is 2.34. The normalized spacial score (nSPS) is 20.7. The Bertz CT molecular complexity index is 829. The maximum atomic E-state index is 14.7. The average molecular weight is 424 g/mol. The van der Waals surface area contributed by atoms with E-state index in [1.165, 1.54) is 7.11 Å². The molecule has 0 spiro atoms. The maximum absolute atomic E-state index is 14.7. The average Bonchev–Trinajstić information content (AvgIpc) is 2.72. The van der Waals surface area contributed by atoms with Crippen LogP contribution in [0.4, 0.5) is 4.39 Å². The monoisotopic (exact) mass is 423 g/mol. The third kappa shape index (κ3) is 4.99. The molecule has 0 heterocycles. The Labute approximate surface area is 172 Å². The minimum absolute atomic E-state index is 0.321. The lowest BCUT2D eigenvalue weighted by atomic mass is 9.93. The summed E-state index contributed by atoms with van der Waals surface area (Å²) in [6, 6.07) is 13.3. The molecular weight excluding hydrogens is 401 g/mol. The number of benzene rings is 2. The molecule has 0 radical (unpaired) electrons. The fourth-order valence-corrected chi connectivity index (χ4v) is 4.94. The summed E-state index contributed by atoms with van der Waals surface area (Å²) in [6.45, 7) is 0.321. The van der Waals surface area contributed by atoms with Crippen LogP contribution in [0.15, 0.2) is 53.4 Å². The topological polar surface area (TPSA) is 46.6 Å². The van der Waals surface area contributed by atoms with Gasteiger partial charge in [-0.25, -0.2) is 17.7 Å². The van der Waals surface area contributed by atoms with Crippen LogP contribution in [-0.2, 0) is 22.3 Å². The molecule has 1 aliphatic rings. The van der Waals surface area contributed by atoms with Crippen LogP contribution in [0.25, 0.3) is 0 Å². The van der Waals surface area contributed by atoms with Crippen molar-refractivity contribution in [3.63, 3.8) is 0 Å². The number of halogens is 2. The van der Waals surface area contributed by atoms with E-state index in [1.54, 1.807) is 52.8 Å². The van der Waals surface area contributed by atoms with Crippen molar-refractivity contribution in [3.8, 4) is 0 Å². The van der Waals surface area contributed by atoms with E-state index in [-0.39, 0.29) is 0 Å². The maximum Gasteiger partial charge on any atom is 0.337 e. The first kappa shape index (κ1) is 21.0. The highest BCUT2D eigenvalue weighted by atomic mass is 35.5. The van der Waals surface area contributed by atoms with Crippen LogP contribution < -0.4 is 0 Å². The lowest BCUT2D eigenvalue weighted by Crippen LogP contribution is -2.44. The first-order valence-corrected chi connectivity index (χ1v) is 10.7. The van der Waals surface area contributed by atoms with Gasteiger partial charge in [0.2, 0.25) is 0 Å². The smallest absolute Gasteiger partial charge is 0.337 e. The van der Waals surface area contributed by atoms with E-state index in [1.807, 2.05) is 0 Å². The first-order chi connectivity index (χ1) is 13.5. The van der Waals surface area contributed by atoms with Crippen molar-refractivity contribution in [2.24, 2.45) is 0 Å². The molecule has 3 unspecified atom stereocenters. The van der Waals surface area contributed by atoms with Gasteiger partial charge in [-0.3, -0.25) is 0 Å². The van der Waals surface area contributed by atoms with Crippen LogP contribution in [0.2, 0.25) is 5.02 Å². The van der Waals surface area contributed by atoms with Crippen molar-refractivity contribution in [3.05, 3.63) is 64.7 Å². The Kier molecular flexibility index (Phi) is 7.21. The second-order valence-electron chi connectivity index (χ2n) is 6.83. The van der Waals surface area contributed by atoms with Gasteiger partial charge in [0.25, 0.3) is 0 Å². The van der Waals surface area contributed by atoms with E-state index in [0.29, 0.717) is 34.9 Å². The van der Waals surface area contributed by atoms with Crippen molar-refractivity contribution < 1.29 is 18.1 Å². The second kappa shape index (κ2) is 9.63. The van der Waals surface area contributed by atoms with Gasteiger partial charge in [-0.1, -0.05) is 36.6 Å². The quantitative estimate of drug-likeness (QED) is 0.619. The van der Waals surface area contributed by atoms with Gasteiger partial charge >= 0.3 is 5.97 Å². The number of hydrogen-bond donors (Lipinski definition) is 0. The summed E-state index contributed by atoms with van der Waals surface area (Å²) in [5, 5.41) is 0.562. The molecule has 7 heteroatoms. The second-order valence-corrected chi connectivity index (χ2v) is 8.71. The number of alkyl halides is 1. The predicted molar refractivity (Wildman–Crippen MR) is 108 cm³/mol. The fourth-order valence-electron chi connectivity index (χ4n) is 3.42. The molecule has 1 fully saturated rings.